The largest absolute Gasteiger partial charge is 0.481 e. The highest BCUT2D eigenvalue weighted by Gasteiger charge is 2.45. The number of ether oxygens (including phenoxy) is 1. The number of carboxylic acid groups (broad SMARTS) is 1. The van der Waals surface area contributed by atoms with Gasteiger partial charge >= 0.3 is 12.1 Å². The lowest BCUT2D eigenvalue weighted by Gasteiger charge is -2.34. The highest BCUT2D eigenvalue weighted by molar-refractivity contribution is 6.39. The number of halogens is 5. The molecule has 1 fully saturated rings. The number of amides is 1. The van der Waals surface area contributed by atoms with Crippen molar-refractivity contribution in [2.75, 3.05) is 20.3 Å². The summed E-state index contributed by atoms with van der Waals surface area (Å²) >= 11 is 12.1. The third-order valence-electron chi connectivity index (χ3n) is 6.86. The van der Waals surface area contributed by atoms with Crippen LogP contribution in [0, 0.1) is 5.41 Å². The number of carbonyl (C=O) groups is 3. The summed E-state index contributed by atoms with van der Waals surface area (Å²) in [5.41, 5.74) is -3.13. The fraction of sp³-hybridized carbons (Fsp3) is 0.542. The zero-order valence-electron chi connectivity index (χ0n) is 20.9. The van der Waals surface area contributed by atoms with Gasteiger partial charge in [-0.05, 0) is 39.5 Å². The first-order chi connectivity index (χ1) is 17.7. The van der Waals surface area contributed by atoms with Crippen LogP contribution in [0.5, 0.6) is 0 Å². The molecule has 1 atom stereocenters. The lowest BCUT2D eigenvalue weighted by molar-refractivity contribution is -0.152. The van der Waals surface area contributed by atoms with Gasteiger partial charge in [-0.25, -0.2) is 0 Å². The van der Waals surface area contributed by atoms with Gasteiger partial charge in [0.2, 0.25) is 0 Å². The summed E-state index contributed by atoms with van der Waals surface area (Å²) in [4.78, 5) is 42.9. The Kier molecular flexibility index (Phi) is 9.10. The number of hydrogen-bond acceptors (Lipinski definition) is 6. The van der Waals surface area contributed by atoms with Gasteiger partial charge in [-0.2, -0.15) is 18.3 Å². The summed E-state index contributed by atoms with van der Waals surface area (Å²) < 4.78 is 48.8. The molecule has 1 amide bonds. The second-order valence-electron chi connectivity index (χ2n) is 9.58. The average molecular weight is 579 g/mol. The van der Waals surface area contributed by atoms with Crippen molar-refractivity contribution in [3.63, 3.8) is 0 Å². The molecule has 1 N–H and O–H groups in total. The van der Waals surface area contributed by atoms with Gasteiger partial charge in [0, 0.05) is 19.5 Å². The van der Waals surface area contributed by atoms with Crippen molar-refractivity contribution in [3.05, 3.63) is 45.5 Å². The minimum absolute atomic E-state index is 0.0660. The molecule has 9 nitrogen and oxygen atoms in total. The van der Waals surface area contributed by atoms with E-state index >= 15 is 0 Å². The van der Waals surface area contributed by atoms with Gasteiger partial charge in [0.15, 0.2) is 11.5 Å². The van der Waals surface area contributed by atoms with Crippen LogP contribution in [0.4, 0.5) is 13.2 Å². The van der Waals surface area contributed by atoms with E-state index < -0.39 is 59.1 Å². The van der Waals surface area contributed by atoms with Crippen molar-refractivity contribution in [2.45, 2.75) is 57.8 Å². The molecule has 38 heavy (non-hydrogen) atoms. The van der Waals surface area contributed by atoms with Crippen molar-refractivity contribution in [1.29, 1.82) is 0 Å². The summed E-state index contributed by atoms with van der Waals surface area (Å²) in [6, 6.07) is -1.55. The average Bonchev–Trinajstić information content (AvgIpc) is 3.28. The van der Waals surface area contributed by atoms with Crippen molar-refractivity contribution < 1.29 is 37.4 Å². The van der Waals surface area contributed by atoms with Crippen LogP contribution >= 0.6 is 23.2 Å². The van der Waals surface area contributed by atoms with E-state index in [4.69, 9.17) is 27.9 Å². The molecule has 2 aromatic rings. The molecule has 2 heterocycles. The van der Waals surface area contributed by atoms with Crippen molar-refractivity contribution in [2.24, 2.45) is 5.41 Å². The number of hydrogen-bond donors (Lipinski definition) is 1. The fourth-order valence-corrected chi connectivity index (χ4v) is 5.18. The highest BCUT2D eigenvalue weighted by atomic mass is 35.5. The molecule has 0 aromatic carbocycles. The summed E-state index contributed by atoms with van der Waals surface area (Å²) in [6.07, 6.45) is -1.14. The number of rotatable bonds is 9. The smallest absolute Gasteiger partial charge is 0.433 e. The Morgan fingerprint density at radius 1 is 1.21 bits per heavy atom. The molecule has 0 bridgehead atoms. The van der Waals surface area contributed by atoms with Gasteiger partial charge < -0.3 is 14.7 Å². The molecule has 0 radical (unpaired) electrons. The Morgan fingerprint density at radius 2 is 1.79 bits per heavy atom. The van der Waals surface area contributed by atoms with E-state index in [1.807, 2.05) is 0 Å². The predicted molar refractivity (Wildman–Crippen MR) is 131 cm³/mol. The van der Waals surface area contributed by atoms with Gasteiger partial charge in [-0.1, -0.05) is 23.2 Å². The number of Topliss-reactive ketones (excluding diaryl/α,β-unsaturated/α-hetero) is 1. The minimum atomic E-state index is -4.95. The lowest BCUT2D eigenvalue weighted by atomic mass is 9.74. The maximum Gasteiger partial charge on any atom is 0.433 e. The van der Waals surface area contributed by atoms with Gasteiger partial charge in [-0.15, -0.1) is 0 Å². The van der Waals surface area contributed by atoms with Crippen LogP contribution < -0.4 is 0 Å². The van der Waals surface area contributed by atoms with Crippen LogP contribution in [0.2, 0.25) is 10.0 Å². The van der Waals surface area contributed by atoms with Crippen LogP contribution in [-0.4, -0.2) is 68.7 Å². The monoisotopic (exact) mass is 578 g/mol. The van der Waals surface area contributed by atoms with E-state index in [-0.39, 0.29) is 47.9 Å². The number of carbonyl (C=O) groups excluding carboxylic acids is 2. The predicted octanol–water partition coefficient (Wildman–Crippen LogP) is 5.17. The first-order valence-corrected chi connectivity index (χ1v) is 12.5. The number of carboxylic acids is 1. The molecule has 3 rings (SSSR count). The fourth-order valence-electron chi connectivity index (χ4n) is 4.60. The number of aliphatic carboxylic acids is 1. The molecular weight excluding hydrogens is 552 g/mol. The standard InChI is InChI=1S/C24H27Cl2F3N4O5/c1-13(12-38-3)32(11-18(34)19-16(25)9-30-10-17(19)26)21(35)15-8-31-33(20(15)24(27,28)29)14-4-6-23(2,7-5-14)22(36)37/h8-10,13-14H,4-7,11-12H2,1-3H3,(H,36,37). The Morgan fingerprint density at radius 3 is 2.29 bits per heavy atom. The molecule has 1 aliphatic rings. The number of pyridine rings is 1. The summed E-state index contributed by atoms with van der Waals surface area (Å²) in [5, 5.41) is 13.2. The van der Waals surface area contributed by atoms with Crippen molar-refractivity contribution in [3.8, 4) is 0 Å². The Hall–Kier alpha value is -2.70. The molecule has 2 aromatic heterocycles. The van der Waals surface area contributed by atoms with E-state index in [1.165, 1.54) is 26.4 Å². The van der Waals surface area contributed by atoms with E-state index in [1.54, 1.807) is 6.92 Å². The topological polar surface area (TPSA) is 115 Å². The number of aromatic nitrogens is 3. The van der Waals surface area contributed by atoms with E-state index in [0.717, 1.165) is 15.8 Å². The molecule has 14 heteroatoms. The van der Waals surface area contributed by atoms with Crippen LogP contribution in [0.3, 0.4) is 0 Å². The number of methoxy groups -OCH3 is 1. The molecule has 0 aliphatic heterocycles. The molecule has 208 valence electrons. The molecule has 0 spiro atoms. The van der Waals surface area contributed by atoms with Gasteiger partial charge in [0.05, 0.1) is 58.0 Å². The van der Waals surface area contributed by atoms with E-state index in [0.29, 0.717) is 0 Å². The Balaban J connectivity index is 1.98. The van der Waals surface area contributed by atoms with E-state index in [9.17, 15) is 32.7 Å². The second kappa shape index (κ2) is 11.6. The maximum absolute atomic E-state index is 14.3. The SMILES string of the molecule is COCC(C)N(CC(=O)c1c(Cl)cncc1Cl)C(=O)c1cnn(C2CCC(C)(C(=O)O)CC2)c1C(F)(F)F. The summed E-state index contributed by atoms with van der Waals surface area (Å²) in [6.45, 7) is 2.38. The molecular formula is C24H27Cl2F3N4O5. The van der Waals surface area contributed by atoms with Gasteiger partial charge in [0.1, 0.15) is 0 Å². The first kappa shape index (κ1) is 29.9. The molecule has 1 saturated carbocycles. The Bertz CT molecular complexity index is 1190. The van der Waals surface area contributed by atoms with Crippen LogP contribution in [-0.2, 0) is 15.7 Å². The minimum Gasteiger partial charge on any atom is -0.481 e. The number of nitrogens with zero attached hydrogens (tertiary/aromatic N) is 4. The van der Waals surface area contributed by atoms with E-state index in [2.05, 4.69) is 10.1 Å². The Labute approximate surface area is 226 Å². The molecule has 0 saturated heterocycles. The quantitative estimate of drug-likeness (QED) is 0.408. The zero-order valence-corrected chi connectivity index (χ0v) is 22.4. The van der Waals surface area contributed by atoms with Crippen LogP contribution in [0.25, 0.3) is 0 Å². The summed E-state index contributed by atoms with van der Waals surface area (Å²) in [7, 11) is 1.35. The van der Waals surface area contributed by atoms with Crippen molar-refractivity contribution in [1.82, 2.24) is 19.7 Å². The normalized spacial score (nSPS) is 20.7. The number of alkyl halides is 3. The second-order valence-corrected chi connectivity index (χ2v) is 10.4. The molecule has 1 aliphatic carbocycles. The van der Waals surface area contributed by atoms with Crippen LogP contribution in [0.15, 0.2) is 18.6 Å². The van der Waals surface area contributed by atoms with Crippen LogP contribution in [0.1, 0.15) is 72.0 Å². The third kappa shape index (κ3) is 6.13. The van der Waals surface area contributed by atoms with Crippen molar-refractivity contribution >= 4 is 40.9 Å². The van der Waals surface area contributed by atoms with Gasteiger partial charge in [0.25, 0.3) is 5.91 Å². The first-order valence-electron chi connectivity index (χ1n) is 11.7. The molecule has 1 unspecified atom stereocenters. The number of ketones is 1. The maximum atomic E-state index is 14.3. The highest BCUT2D eigenvalue weighted by Crippen LogP contribution is 2.43. The third-order valence-corrected chi connectivity index (χ3v) is 7.44. The lowest BCUT2D eigenvalue weighted by Crippen LogP contribution is -2.45. The summed E-state index contributed by atoms with van der Waals surface area (Å²) in [5.74, 6) is -2.78. The zero-order chi connectivity index (χ0) is 28.4. The van der Waals surface area contributed by atoms with Gasteiger partial charge in [-0.3, -0.25) is 24.0 Å².